The van der Waals surface area contributed by atoms with Crippen LogP contribution in [-0.2, 0) is 6.18 Å². The highest BCUT2D eigenvalue weighted by molar-refractivity contribution is 14.1. The third kappa shape index (κ3) is 5.59. The molecule has 2 nitrogen and oxygen atoms in total. The molecule has 0 saturated heterocycles. The van der Waals surface area contributed by atoms with E-state index in [1.165, 1.54) is 12.1 Å². The van der Waals surface area contributed by atoms with Crippen LogP contribution in [0.1, 0.15) is 35.2 Å². The number of nitrogens with one attached hydrogen (secondary N) is 1. The lowest BCUT2D eigenvalue weighted by atomic mass is 10.1. The van der Waals surface area contributed by atoms with Gasteiger partial charge in [0, 0.05) is 16.6 Å². The van der Waals surface area contributed by atoms with Gasteiger partial charge in [-0.05, 0) is 35.5 Å². The second-order valence-corrected chi connectivity index (χ2v) is 6.13. The first-order chi connectivity index (χ1) is 9.36. The fourth-order valence-electron chi connectivity index (χ4n) is 1.58. The summed E-state index contributed by atoms with van der Waals surface area (Å²) in [5.41, 5.74) is -0.815. The van der Waals surface area contributed by atoms with Gasteiger partial charge in [-0.1, -0.05) is 44.9 Å². The Morgan fingerprint density at radius 3 is 2.55 bits per heavy atom. The van der Waals surface area contributed by atoms with Crippen LogP contribution in [0.15, 0.2) is 22.7 Å². The summed E-state index contributed by atoms with van der Waals surface area (Å²) < 4.78 is 39.2. The van der Waals surface area contributed by atoms with Gasteiger partial charge in [0.05, 0.1) is 5.56 Å². The third-order valence-electron chi connectivity index (χ3n) is 2.63. The molecule has 0 aliphatic rings. The number of alkyl halides is 4. The minimum atomic E-state index is -4.48. The largest absolute Gasteiger partial charge is 0.417 e. The quantitative estimate of drug-likeness (QED) is 0.366. The number of carbonyl (C=O) groups excluding carboxylic acids is 1. The standard InChI is InChI=1S/C13H14BrF3INO/c14-11-5-4-9(8-10(11)13(15,16)17)12(20)19-7-3-1-2-6-18/h4-5,8H,1-3,6-7H2,(H,19,20). The Hall–Kier alpha value is -0.310. The lowest BCUT2D eigenvalue weighted by Crippen LogP contribution is -2.25. The second kappa shape index (κ2) is 8.21. The number of amides is 1. The zero-order valence-electron chi connectivity index (χ0n) is 10.6. The van der Waals surface area contributed by atoms with Crippen molar-refractivity contribution in [2.24, 2.45) is 0 Å². The van der Waals surface area contributed by atoms with E-state index in [-0.39, 0.29) is 10.0 Å². The molecule has 1 N–H and O–H groups in total. The van der Waals surface area contributed by atoms with Gasteiger partial charge in [0.1, 0.15) is 0 Å². The Balaban J connectivity index is 2.65. The van der Waals surface area contributed by atoms with Gasteiger partial charge >= 0.3 is 6.18 Å². The molecule has 0 aromatic heterocycles. The van der Waals surface area contributed by atoms with Crippen molar-refractivity contribution in [3.05, 3.63) is 33.8 Å². The molecule has 1 aromatic carbocycles. The van der Waals surface area contributed by atoms with E-state index in [1.807, 2.05) is 0 Å². The van der Waals surface area contributed by atoms with Gasteiger partial charge in [0.25, 0.3) is 5.91 Å². The maximum absolute atomic E-state index is 12.7. The molecule has 7 heteroatoms. The predicted octanol–water partition coefficient (Wildman–Crippen LogP) is 4.80. The first kappa shape index (κ1) is 17.7. The van der Waals surface area contributed by atoms with E-state index < -0.39 is 17.6 Å². The fourth-order valence-corrected chi connectivity index (χ4v) is 2.59. The van der Waals surface area contributed by atoms with Gasteiger partial charge in [0.2, 0.25) is 0 Å². The van der Waals surface area contributed by atoms with E-state index in [9.17, 15) is 18.0 Å². The van der Waals surface area contributed by atoms with Crippen molar-refractivity contribution in [3.63, 3.8) is 0 Å². The Labute approximate surface area is 137 Å². The van der Waals surface area contributed by atoms with Gasteiger partial charge in [-0.2, -0.15) is 13.2 Å². The Kier molecular flexibility index (Phi) is 7.28. The normalized spacial score (nSPS) is 11.4. The van der Waals surface area contributed by atoms with Gasteiger partial charge in [-0.3, -0.25) is 4.79 Å². The summed E-state index contributed by atoms with van der Waals surface area (Å²) in [4.78, 5) is 11.8. The van der Waals surface area contributed by atoms with E-state index in [1.54, 1.807) is 0 Å². The molecule has 0 aliphatic heterocycles. The number of unbranched alkanes of at least 4 members (excludes halogenated alkanes) is 2. The predicted molar refractivity (Wildman–Crippen MR) is 84.2 cm³/mol. The second-order valence-electron chi connectivity index (χ2n) is 4.20. The van der Waals surface area contributed by atoms with Crippen LogP contribution in [0.4, 0.5) is 13.2 Å². The minimum absolute atomic E-state index is 0.0226. The summed E-state index contributed by atoms with van der Waals surface area (Å²) in [6.45, 7) is 0.479. The van der Waals surface area contributed by atoms with Crippen molar-refractivity contribution in [2.45, 2.75) is 25.4 Å². The molecule has 1 amide bonds. The van der Waals surface area contributed by atoms with E-state index in [0.29, 0.717) is 6.54 Å². The van der Waals surface area contributed by atoms with Gasteiger partial charge in [0.15, 0.2) is 0 Å². The summed E-state index contributed by atoms with van der Waals surface area (Å²) in [6.07, 6.45) is -1.57. The van der Waals surface area contributed by atoms with E-state index in [4.69, 9.17) is 0 Å². The number of hydrogen-bond acceptors (Lipinski definition) is 1. The Bertz CT molecular complexity index is 465. The number of halogens is 5. The molecule has 0 fully saturated rings. The van der Waals surface area contributed by atoms with Crippen molar-refractivity contribution >= 4 is 44.4 Å². The van der Waals surface area contributed by atoms with Crippen LogP contribution in [-0.4, -0.2) is 16.9 Å². The third-order valence-corrected chi connectivity index (χ3v) is 4.08. The van der Waals surface area contributed by atoms with Crippen molar-refractivity contribution in [1.29, 1.82) is 0 Å². The molecule has 1 aromatic rings. The zero-order valence-corrected chi connectivity index (χ0v) is 14.3. The molecule has 0 atom stereocenters. The summed E-state index contributed by atoms with van der Waals surface area (Å²) in [5, 5.41) is 2.63. The first-order valence-electron chi connectivity index (χ1n) is 6.07. The highest BCUT2D eigenvalue weighted by atomic mass is 127. The van der Waals surface area contributed by atoms with Gasteiger partial charge in [-0.25, -0.2) is 0 Å². The van der Waals surface area contributed by atoms with E-state index in [2.05, 4.69) is 43.8 Å². The summed E-state index contributed by atoms with van der Waals surface area (Å²) in [5.74, 6) is -0.475. The van der Waals surface area contributed by atoms with E-state index in [0.717, 1.165) is 29.8 Å². The molecule has 20 heavy (non-hydrogen) atoms. The summed E-state index contributed by atoms with van der Waals surface area (Å²) >= 11 is 5.12. The molecular formula is C13H14BrF3INO. The highest BCUT2D eigenvalue weighted by Crippen LogP contribution is 2.35. The first-order valence-corrected chi connectivity index (χ1v) is 8.39. The molecule has 0 spiro atoms. The highest BCUT2D eigenvalue weighted by Gasteiger charge is 2.33. The van der Waals surface area contributed by atoms with E-state index >= 15 is 0 Å². The van der Waals surface area contributed by atoms with Crippen LogP contribution < -0.4 is 5.32 Å². The van der Waals surface area contributed by atoms with Crippen molar-refractivity contribution < 1.29 is 18.0 Å². The lowest BCUT2D eigenvalue weighted by molar-refractivity contribution is -0.138. The van der Waals surface area contributed by atoms with Crippen molar-refractivity contribution in [3.8, 4) is 0 Å². The zero-order chi connectivity index (χ0) is 15.2. The SMILES string of the molecule is O=C(NCCCCCI)c1ccc(Br)c(C(F)(F)F)c1. The molecule has 1 rings (SSSR count). The smallest absolute Gasteiger partial charge is 0.352 e. The van der Waals surface area contributed by atoms with Crippen LogP contribution in [0.25, 0.3) is 0 Å². The van der Waals surface area contributed by atoms with Crippen molar-refractivity contribution in [2.75, 3.05) is 11.0 Å². The molecule has 0 saturated carbocycles. The Morgan fingerprint density at radius 2 is 1.95 bits per heavy atom. The van der Waals surface area contributed by atoms with Crippen LogP contribution in [0.3, 0.4) is 0 Å². The average Bonchev–Trinajstić information content (AvgIpc) is 2.37. The lowest BCUT2D eigenvalue weighted by Gasteiger charge is -2.11. The number of carbonyl (C=O) groups is 1. The number of rotatable bonds is 6. The average molecular weight is 464 g/mol. The van der Waals surface area contributed by atoms with Gasteiger partial charge in [-0.15, -0.1) is 0 Å². The topological polar surface area (TPSA) is 29.1 Å². The number of hydrogen-bond donors (Lipinski definition) is 1. The van der Waals surface area contributed by atoms with Crippen LogP contribution in [0.2, 0.25) is 0 Å². The van der Waals surface area contributed by atoms with Crippen LogP contribution in [0, 0.1) is 0 Å². The molecule has 0 radical (unpaired) electrons. The maximum Gasteiger partial charge on any atom is 0.417 e. The molecular weight excluding hydrogens is 450 g/mol. The fraction of sp³-hybridized carbons (Fsp3) is 0.462. The molecule has 112 valence electrons. The summed E-state index contributed by atoms with van der Waals surface area (Å²) in [7, 11) is 0. The van der Waals surface area contributed by atoms with Crippen LogP contribution >= 0.6 is 38.5 Å². The minimum Gasteiger partial charge on any atom is -0.352 e. The molecule has 0 bridgehead atoms. The monoisotopic (exact) mass is 463 g/mol. The molecule has 0 aliphatic carbocycles. The summed E-state index contributed by atoms with van der Waals surface area (Å²) in [6, 6.07) is 3.48. The molecule has 0 heterocycles. The number of benzene rings is 1. The van der Waals surface area contributed by atoms with Crippen molar-refractivity contribution in [1.82, 2.24) is 5.32 Å². The Morgan fingerprint density at radius 1 is 1.25 bits per heavy atom. The van der Waals surface area contributed by atoms with Gasteiger partial charge < -0.3 is 5.32 Å². The molecule has 0 unspecified atom stereocenters. The van der Waals surface area contributed by atoms with Crippen LogP contribution in [0.5, 0.6) is 0 Å². The maximum atomic E-state index is 12.7.